The van der Waals surface area contributed by atoms with Crippen molar-refractivity contribution in [1.29, 1.82) is 0 Å². The molecule has 0 aliphatic heterocycles. The van der Waals surface area contributed by atoms with Crippen LogP contribution in [-0.2, 0) is 0 Å². The zero-order valence-electron chi connectivity index (χ0n) is 21.4. The van der Waals surface area contributed by atoms with Crippen LogP contribution >= 0.6 is 23.5 Å². The molecular formula is C30H34O6S2. The molecule has 0 atom stereocenters. The number of benzene rings is 3. The first-order valence-electron chi connectivity index (χ1n) is 13.2. The molecule has 1 aliphatic carbocycles. The fourth-order valence-electron chi connectivity index (χ4n) is 4.77. The Hall–Kier alpha value is -2.52. The molecule has 38 heavy (non-hydrogen) atoms. The van der Waals surface area contributed by atoms with Gasteiger partial charge in [-0.05, 0) is 49.3 Å². The van der Waals surface area contributed by atoms with Crippen molar-refractivity contribution >= 4 is 45.9 Å². The molecule has 0 spiro atoms. The summed E-state index contributed by atoms with van der Waals surface area (Å²) in [5.74, 6) is 0.248. The molecule has 8 heteroatoms. The molecule has 4 N–H and O–H groups in total. The number of aliphatic hydroxyl groups is 2. The monoisotopic (exact) mass is 554 g/mol. The number of thioether (sulfide) groups is 2. The van der Waals surface area contributed by atoms with E-state index in [-0.39, 0.29) is 47.0 Å². The number of carbonyl (C=O) groups excluding carboxylic acids is 2. The summed E-state index contributed by atoms with van der Waals surface area (Å²) in [7, 11) is 0. The molecule has 0 radical (unpaired) electrons. The molecule has 0 saturated heterocycles. The summed E-state index contributed by atoms with van der Waals surface area (Å²) >= 11 is 3.35. The van der Waals surface area contributed by atoms with E-state index in [2.05, 4.69) is 0 Å². The van der Waals surface area contributed by atoms with Gasteiger partial charge in [-0.2, -0.15) is 0 Å². The van der Waals surface area contributed by atoms with Crippen molar-refractivity contribution < 1.29 is 30.0 Å². The van der Waals surface area contributed by atoms with Gasteiger partial charge in [-0.3, -0.25) is 9.59 Å². The molecule has 0 aromatic heterocycles. The molecule has 0 bridgehead atoms. The van der Waals surface area contributed by atoms with Crippen LogP contribution in [0.2, 0.25) is 0 Å². The van der Waals surface area contributed by atoms with E-state index in [0.29, 0.717) is 10.8 Å². The Labute approximate surface area is 231 Å². The van der Waals surface area contributed by atoms with E-state index in [4.69, 9.17) is 10.2 Å². The van der Waals surface area contributed by atoms with E-state index in [1.807, 2.05) is 12.1 Å². The van der Waals surface area contributed by atoms with Crippen LogP contribution in [0, 0.1) is 0 Å². The summed E-state index contributed by atoms with van der Waals surface area (Å²) in [6.07, 6.45) is 7.55. The molecule has 6 nitrogen and oxygen atoms in total. The maximum absolute atomic E-state index is 13.3. The fraction of sp³-hybridized carbons (Fsp3) is 0.400. The van der Waals surface area contributed by atoms with Crippen LogP contribution in [0.25, 0.3) is 10.8 Å². The normalized spacial score (nSPS) is 12.7. The van der Waals surface area contributed by atoms with Crippen LogP contribution in [0.15, 0.2) is 46.2 Å². The SMILES string of the molecule is O=C1c2ccccc2C(=O)c2c1c(O)c1cc(SCCCCCCO)c(SCCCCCCO)cc1c2O. The Morgan fingerprint density at radius 3 is 1.37 bits per heavy atom. The summed E-state index contributed by atoms with van der Waals surface area (Å²) in [5.41, 5.74) is 0.181. The third-order valence-electron chi connectivity index (χ3n) is 6.81. The Bertz CT molecular complexity index is 1220. The van der Waals surface area contributed by atoms with Crippen LogP contribution in [-0.4, -0.2) is 56.7 Å². The van der Waals surface area contributed by atoms with Crippen molar-refractivity contribution in [2.24, 2.45) is 0 Å². The highest BCUT2D eigenvalue weighted by molar-refractivity contribution is 8.02. The minimum Gasteiger partial charge on any atom is -0.506 e. The number of aromatic hydroxyl groups is 2. The van der Waals surface area contributed by atoms with Crippen LogP contribution < -0.4 is 0 Å². The first kappa shape index (κ1) is 28.5. The highest BCUT2D eigenvalue weighted by Gasteiger charge is 2.36. The van der Waals surface area contributed by atoms with Gasteiger partial charge in [0.05, 0.1) is 11.1 Å². The van der Waals surface area contributed by atoms with Gasteiger partial charge in [-0.15, -0.1) is 23.5 Å². The quantitative estimate of drug-likeness (QED) is 0.0814. The van der Waals surface area contributed by atoms with E-state index >= 15 is 0 Å². The van der Waals surface area contributed by atoms with Gasteiger partial charge in [-0.25, -0.2) is 0 Å². The van der Waals surface area contributed by atoms with Crippen LogP contribution in [0.5, 0.6) is 11.5 Å². The first-order valence-corrected chi connectivity index (χ1v) is 15.2. The highest BCUT2D eigenvalue weighted by Crippen LogP contribution is 2.47. The molecule has 1 aliphatic rings. The second kappa shape index (κ2) is 13.5. The highest BCUT2D eigenvalue weighted by atomic mass is 32.2. The van der Waals surface area contributed by atoms with E-state index in [1.54, 1.807) is 47.8 Å². The Morgan fingerprint density at radius 1 is 0.579 bits per heavy atom. The van der Waals surface area contributed by atoms with Gasteiger partial charge in [-0.1, -0.05) is 49.9 Å². The lowest BCUT2D eigenvalue weighted by molar-refractivity contribution is 0.0974. The fourth-order valence-corrected chi connectivity index (χ4v) is 7.07. The molecule has 4 rings (SSSR count). The Balaban J connectivity index is 1.70. The zero-order chi connectivity index (χ0) is 27.1. The predicted octanol–water partition coefficient (Wildman–Crippen LogP) is 6.32. The molecular weight excluding hydrogens is 520 g/mol. The van der Waals surface area contributed by atoms with Gasteiger partial charge in [0.2, 0.25) is 0 Å². The second-order valence-corrected chi connectivity index (χ2v) is 11.7. The molecule has 0 saturated carbocycles. The Morgan fingerprint density at radius 2 is 0.974 bits per heavy atom. The minimum atomic E-state index is -0.468. The lowest BCUT2D eigenvalue weighted by atomic mass is 9.81. The summed E-state index contributed by atoms with van der Waals surface area (Å²) in [6.45, 7) is 0.408. The third kappa shape index (κ3) is 6.04. The zero-order valence-corrected chi connectivity index (χ0v) is 23.0. The first-order chi connectivity index (χ1) is 18.5. The minimum absolute atomic E-state index is 0.136. The standard InChI is InChI=1S/C30H34O6S2/c31-13-7-1-3-9-15-37-23-17-21-22(18-24(23)38-16-10-4-2-8-14-32)30(36)26-25(29(21)35)27(33)19-11-5-6-12-20(19)28(26)34/h5-6,11-12,17-18,31-32,35-36H,1-4,7-10,13-16H2. The van der Waals surface area contributed by atoms with Crippen molar-refractivity contribution in [3.63, 3.8) is 0 Å². The number of carbonyl (C=O) groups is 2. The number of aliphatic hydroxyl groups excluding tert-OH is 2. The van der Waals surface area contributed by atoms with Crippen LogP contribution in [0.4, 0.5) is 0 Å². The van der Waals surface area contributed by atoms with Crippen molar-refractivity contribution in [2.45, 2.75) is 61.2 Å². The van der Waals surface area contributed by atoms with Crippen molar-refractivity contribution in [3.05, 3.63) is 58.7 Å². The maximum atomic E-state index is 13.3. The second-order valence-electron chi connectivity index (χ2n) is 9.47. The molecule has 0 heterocycles. The van der Waals surface area contributed by atoms with Crippen molar-refractivity contribution in [3.8, 4) is 11.5 Å². The molecule has 202 valence electrons. The lowest BCUT2D eigenvalue weighted by Gasteiger charge is -2.22. The molecule has 3 aromatic carbocycles. The topological polar surface area (TPSA) is 115 Å². The van der Waals surface area contributed by atoms with E-state index in [1.165, 1.54) is 0 Å². The van der Waals surface area contributed by atoms with Crippen LogP contribution in [0.3, 0.4) is 0 Å². The average Bonchev–Trinajstić information content (AvgIpc) is 2.93. The van der Waals surface area contributed by atoms with E-state index in [9.17, 15) is 19.8 Å². The Kier molecular flexibility index (Phi) is 10.1. The van der Waals surface area contributed by atoms with Crippen molar-refractivity contribution in [1.82, 2.24) is 0 Å². The number of rotatable bonds is 14. The summed E-state index contributed by atoms with van der Waals surface area (Å²) in [4.78, 5) is 28.5. The van der Waals surface area contributed by atoms with Gasteiger partial charge in [0.1, 0.15) is 11.5 Å². The van der Waals surface area contributed by atoms with Crippen LogP contribution in [0.1, 0.15) is 83.2 Å². The molecule has 0 fully saturated rings. The third-order valence-corrected chi connectivity index (χ3v) is 9.22. The number of phenolic OH excluding ortho intramolecular Hbond substituents is 2. The number of fused-ring (bicyclic) bond motifs is 3. The van der Waals surface area contributed by atoms with Gasteiger partial charge in [0, 0.05) is 44.9 Å². The number of hydrogen-bond donors (Lipinski definition) is 4. The van der Waals surface area contributed by atoms with Gasteiger partial charge in [0.25, 0.3) is 0 Å². The lowest BCUT2D eigenvalue weighted by Crippen LogP contribution is -2.21. The van der Waals surface area contributed by atoms with Crippen molar-refractivity contribution in [2.75, 3.05) is 24.7 Å². The molecule has 3 aromatic rings. The number of ketones is 2. The van der Waals surface area contributed by atoms with Gasteiger partial charge < -0.3 is 20.4 Å². The largest absolute Gasteiger partial charge is 0.506 e. The molecule has 0 amide bonds. The van der Waals surface area contributed by atoms with E-state index < -0.39 is 11.6 Å². The average molecular weight is 555 g/mol. The number of unbranched alkanes of at least 4 members (excludes halogenated alkanes) is 6. The number of phenols is 2. The summed E-state index contributed by atoms with van der Waals surface area (Å²) in [5, 5.41) is 41.3. The van der Waals surface area contributed by atoms with E-state index in [0.717, 1.165) is 72.7 Å². The molecule has 0 unspecified atom stereocenters. The van der Waals surface area contributed by atoms with Gasteiger partial charge >= 0.3 is 0 Å². The smallest absolute Gasteiger partial charge is 0.198 e. The summed E-state index contributed by atoms with van der Waals surface area (Å²) in [6, 6.07) is 10.1. The predicted molar refractivity (Wildman–Crippen MR) is 153 cm³/mol. The maximum Gasteiger partial charge on any atom is 0.198 e. The number of hydrogen-bond acceptors (Lipinski definition) is 8. The van der Waals surface area contributed by atoms with Gasteiger partial charge in [0.15, 0.2) is 11.6 Å². The summed E-state index contributed by atoms with van der Waals surface area (Å²) < 4.78 is 0.